The Kier molecular flexibility index (Phi) is 4.61. The first-order valence-corrected chi connectivity index (χ1v) is 9.88. The summed E-state index contributed by atoms with van der Waals surface area (Å²) >= 11 is 0. The molecule has 3 fully saturated rings. The maximum absolute atomic E-state index is 13.1. The van der Waals surface area contributed by atoms with Crippen LogP contribution in [0.3, 0.4) is 0 Å². The second-order valence-corrected chi connectivity index (χ2v) is 8.01. The first kappa shape index (κ1) is 17.3. The fourth-order valence-corrected chi connectivity index (χ4v) is 4.74. The number of carbonyl (C=O) groups is 2. The number of imide groups is 1. The van der Waals surface area contributed by atoms with E-state index in [9.17, 15) is 9.59 Å². The van der Waals surface area contributed by atoms with Crippen LogP contribution in [-0.4, -0.2) is 55.2 Å². The molecule has 0 radical (unpaired) electrons. The van der Waals surface area contributed by atoms with Crippen molar-refractivity contribution in [3.05, 3.63) is 30.3 Å². The normalized spacial score (nSPS) is 30.1. The van der Waals surface area contributed by atoms with Gasteiger partial charge in [-0.05, 0) is 30.9 Å². The van der Waals surface area contributed by atoms with E-state index in [1.807, 2.05) is 6.07 Å². The van der Waals surface area contributed by atoms with Crippen LogP contribution in [0.2, 0.25) is 0 Å². The van der Waals surface area contributed by atoms with Gasteiger partial charge in [0.05, 0.1) is 26.2 Å². The summed E-state index contributed by atoms with van der Waals surface area (Å²) in [5, 5.41) is 3.06. The molecule has 1 aromatic rings. The van der Waals surface area contributed by atoms with Gasteiger partial charge in [0, 0.05) is 5.69 Å². The smallest absolute Gasteiger partial charge is 0.329 e. The third-order valence-electron chi connectivity index (χ3n) is 6.48. The molecule has 0 aromatic heterocycles. The highest BCUT2D eigenvalue weighted by molar-refractivity contribution is 6.07. The highest BCUT2D eigenvalue weighted by Gasteiger charge is 2.55. The van der Waals surface area contributed by atoms with Gasteiger partial charge >= 0.3 is 6.03 Å². The van der Waals surface area contributed by atoms with E-state index in [0.717, 1.165) is 51.9 Å². The van der Waals surface area contributed by atoms with Crippen LogP contribution in [0.15, 0.2) is 30.3 Å². The van der Waals surface area contributed by atoms with E-state index in [-0.39, 0.29) is 17.9 Å². The van der Waals surface area contributed by atoms with Crippen molar-refractivity contribution in [2.75, 3.05) is 37.7 Å². The van der Waals surface area contributed by atoms with Gasteiger partial charge in [-0.1, -0.05) is 38.0 Å². The van der Waals surface area contributed by atoms with Crippen molar-refractivity contribution >= 4 is 17.6 Å². The van der Waals surface area contributed by atoms with E-state index in [4.69, 9.17) is 0 Å². The van der Waals surface area contributed by atoms with Crippen LogP contribution >= 0.6 is 0 Å². The molecule has 140 valence electrons. The number of nitrogens with one attached hydrogen (secondary N) is 2. The predicted molar refractivity (Wildman–Crippen MR) is 100.0 cm³/mol. The second kappa shape index (κ2) is 6.91. The molecule has 1 aliphatic carbocycles. The molecular weight excluding hydrogens is 328 g/mol. The van der Waals surface area contributed by atoms with Gasteiger partial charge in [0.1, 0.15) is 5.54 Å². The summed E-state index contributed by atoms with van der Waals surface area (Å²) in [6.45, 7) is 6.37. The molecule has 26 heavy (non-hydrogen) atoms. The second-order valence-electron chi connectivity index (χ2n) is 8.01. The number of anilines is 1. The predicted octanol–water partition coefficient (Wildman–Crippen LogP) is 0.850. The SMILES string of the molecule is C[C@H]1CCCC[C@@]12NC(=O)N(C[NH+]1CCN(c3ccccc3)CC1)C2=O. The Morgan fingerprint density at radius 2 is 1.88 bits per heavy atom. The zero-order valence-electron chi connectivity index (χ0n) is 15.5. The zero-order chi connectivity index (χ0) is 18.1. The maximum atomic E-state index is 13.1. The molecule has 0 bridgehead atoms. The molecule has 2 aliphatic heterocycles. The van der Waals surface area contributed by atoms with Crippen molar-refractivity contribution in [1.29, 1.82) is 0 Å². The number of rotatable bonds is 3. The van der Waals surface area contributed by atoms with Gasteiger partial charge < -0.3 is 15.1 Å². The Morgan fingerprint density at radius 1 is 1.15 bits per heavy atom. The van der Waals surface area contributed by atoms with Gasteiger partial charge in [0.25, 0.3) is 5.91 Å². The fraction of sp³-hybridized carbons (Fsp3) is 0.600. The van der Waals surface area contributed by atoms with Crippen molar-refractivity contribution < 1.29 is 14.5 Å². The number of hydrogen-bond acceptors (Lipinski definition) is 3. The summed E-state index contributed by atoms with van der Waals surface area (Å²) in [6, 6.07) is 10.2. The molecule has 2 saturated heterocycles. The standard InChI is InChI=1S/C20H28N4O2/c1-16-7-5-6-10-20(16)18(25)24(19(26)21-20)15-22-11-13-23(14-12-22)17-8-3-2-4-9-17/h2-4,8-9,16H,5-7,10-15H2,1H3,(H,21,26)/p+1/t16-,20+/m0/s1. The summed E-state index contributed by atoms with van der Waals surface area (Å²) < 4.78 is 0. The van der Waals surface area contributed by atoms with Crippen LogP contribution in [0.5, 0.6) is 0 Å². The third kappa shape index (κ3) is 2.96. The van der Waals surface area contributed by atoms with E-state index in [1.54, 1.807) is 0 Å². The van der Waals surface area contributed by atoms with Gasteiger partial charge in [-0.2, -0.15) is 0 Å². The lowest BCUT2D eigenvalue weighted by atomic mass is 9.73. The van der Waals surface area contributed by atoms with E-state index in [1.165, 1.54) is 15.5 Å². The summed E-state index contributed by atoms with van der Waals surface area (Å²) in [7, 11) is 0. The summed E-state index contributed by atoms with van der Waals surface area (Å²) in [5.74, 6) is 0.232. The Morgan fingerprint density at radius 3 is 2.58 bits per heavy atom. The zero-order valence-corrected chi connectivity index (χ0v) is 15.5. The number of urea groups is 1. The lowest BCUT2D eigenvalue weighted by molar-refractivity contribution is -0.907. The highest BCUT2D eigenvalue weighted by atomic mass is 16.2. The highest BCUT2D eigenvalue weighted by Crippen LogP contribution is 2.37. The minimum atomic E-state index is -0.638. The molecule has 1 spiro atoms. The molecule has 1 saturated carbocycles. The molecule has 3 amide bonds. The number of piperazine rings is 1. The van der Waals surface area contributed by atoms with Crippen LogP contribution in [0.4, 0.5) is 10.5 Å². The van der Waals surface area contributed by atoms with Crippen LogP contribution in [0, 0.1) is 5.92 Å². The maximum Gasteiger partial charge on any atom is 0.329 e. The first-order chi connectivity index (χ1) is 12.6. The summed E-state index contributed by atoms with van der Waals surface area (Å²) in [6.07, 6.45) is 3.97. The van der Waals surface area contributed by atoms with Crippen LogP contribution < -0.4 is 15.1 Å². The molecular formula is C20H29N4O2+. The number of amides is 3. The van der Waals surface area contributed by atoms with Gasteiger partial charge in [-0.3, -0.25) is 4.79 Å². The molecule has 6 nitrogen and oxygen atoms in total. The van der Waals surface area contributed by atoms with E-state index in [2.05, 4.69) is 41.4 Å². The number of nitrogens with zero attached hydrogens (tertiary/aromatic N) is 2. The Hall–Kier alpha value is -2.08. The molecule has 0 unspecified atom stereocenters. The average Bonchev–Trinajstić information content (AvgIpc) is 2.90. The molecule has 1 aromatic carbocycles. The van der Waals surface area contributed by atoms with E-state index < -0.39 is 5.54 Å². The number of quaternary nitrogens is 1. The molecule has 2 heterocycles. The van der Waals surface area contributed by atoms with Crippen LogP contribution in [0.25, 0.3) is 0 Å². The topological polar surface area (TPSA) is 57.1 Å². The summed E-state index contributed by atoms with van der Waals surface area (Å²) in [4.78, 5) is 30.8. The van der Waals surface area contributed by atoms with Gasteiger partial charge in [-0.15, -0.1) is 0 Å². The Labute approximate surface area is 155 Å². The minimum absolute atomic E-state index is 0.00712. The molecule has 4 rings (SSSR count). The number of hydrogen-bond donors (Lipinski definition) is 2. The number of carbonyl (C=O) groups excluding carboxylic acids is 2. The van der Waals surface area contributed by atoms with Gasteiger partial charge in [-0.25, -0.2) is 9.69 Å². The minimum Gasteiger partial charge on any atom is -0.360 e. The van der Waals surface area contributed by atoms with Crippen molar-refractivity contribution in [1.82, 2.24) is 10.2 Å². The number of para-hydroxylation sites is 1. The number of benzene rings is 1. The van der Waals surface area contributed by atoms with Crippen molar-refractivity contribution in [3.63, 3.8) is 0 Å². The Bertz CT molecular complexity index is 672. The van der Waals surface area contributed by atoms with Gasteiger partial charge in [0.2, 0.25) is 0 Å². The third-order valence-corrected chi connectivity index (χ3v) is 6.48. The summed E-state index contributed by atoms with van der Waals surface area (Å²) in [5.41, 5.74) is 0.609. The molecule has 3 aliphatic rings. The Balaban J connectivity index is 1.38. The van der Waals surface area contributed by atoms with Crippen molar-refractivity contribution in [3.8, 4) is 0 Å². The van der Waals surface area contributed by atoms with E-state index >= 15 is 0 Å². The lowest BCUT2D eigenvalue weighted by Gasteiger charge is -2.37. The largest absolute Gasteiger partial charge is 0.360 e. The monoisotopic (exact) mass is 357 g/mol. The van der Waals surface area contributed by atoms with Crippen molar-refractivity contribution in [2.45, 2.75) is 38.1 Å². The first-order valence-electron chi connectivity index (χ1n) is 9.88. The van der Waals surface area contributed by atoms with Crippen LogP contribution in [0.1, 0.15) is 32.6 Å². The molecule has 2 N–H and O–H groups in total. The lowest BCUT2D eigenvalue weighted by Crippen LogP contribution is -3.16. The van der Waals surface area contributed by atoms with E-state index in [0.29, 0.717) is 6.67 Å². The fourth-order valence-electron chi connectivity index (χ4n) is 4.74. The van der Waals surface area contributed by atoms with Gasteiger partial charge in [0.15, 0.2) is 6.67 Å². The molecule has 6 heteroatoms. The molecule has 2 atom stereocenters. The van der Waals surface area contributed by atoms with Crippen molar-refractivity contribution in [2.24, 2.45) is 5.92 Å². The quantitative estimate of drug-likeness (QED) is 0.789. The average molecular weight is 357 g/mol. The van der Waals surface area contributed by atoms with Crippen LogP contribution in [-0.2, 0) is 4.79 Å².